The van der Waals surface area contributed by atoms with Crippen LogP contribution in [0.5, 0.6) is 0 Å². The maximum absolute atomic E-state index is 11.1. The Hall–Kier alpha value is 0.0700. The Morgan fingerprint density at radius 2 is 2.50 bits per heavy atom. The molecule has 1 unspecified atom stereocenters. The molecule has 0 aromatic heterocycles. The van der Waals surface area contributed by atoms with Crippen molar-refractivity contribution in [3.8, 4) is 0 Å². The Morgan fingerprint density at radius 3 is 3.00 bits per heavy atom. The first-order chi connectivity index (χ1) is 5.34. The highest BCUT2D eigenvalue weighted by Gasteiger charge is 2.21. The Bertz CT molecular complexity index is 139. The van der Waals surface area contributed by atoms with E-state index < -0.39 is 0 Å². The first kappa shape index (κ1) is 12.1. The highest BCUT2D eigenvalue weighted by molar-refractivity contribution is 7.99. The van der Waals surface area contributed by atoms with Crippen molar-refractivity contribution in [2.24, 2.45) is 0 Å². The zero-order chi connectivity index (χ0) is 8.10. The number of thioether (sulfide) groups is 1. The largest absolute Gasteiger partial charge is 0.465 e. The summed E-state index contributed by atoms with van der Waals surface area (Å²) < 4.78 is 4.87. The summed E-state index contributed by atoms with van der Waals surface area (Å²) in [4.78, 5) is 11.1. The van der Waals surface area contributed by atoms with Gasteiger partial charge in [-0.1, -0.05) is 0 Å². The normalized spacial score (nSPS) is 22.6. The molecule has 0 bridgehead atoms. The maximum Gasteiger partial charge on any atom is 0.323 e. The van der Waals surface area contributed by atoms with Gasteiger partial charge < -0.3 is 4.74 Å². The van der Waals surface area contributed by atoms with Gasteiger partial charge in [-0.3, -0.25) is 10.1 Å². The molecule has 0 aromatic rings. The van der Waals surface area contributed by atoms with Gasteiger partial charge in [-0.2, -0.15) is 0 Å². The van der Waals surface area contributed by atoms with E-state index in [2.05, 4.69) is 5.32 Å². The van der Waals surface area contributed by atoms with Crippen molar-refractivity contribution in [1.29, 1.82) is 0 Å². The third-order valence-electron chi connectivity index (χ3n) is 1.55. The molecule has 0 spiro atoms. The first-order valence-electron chi connectivity index (χ1n) is 3.82. The summed E-state index contributed by atoms with van der Waals surface area (Å²) in [5.74, 6) is 1.81. The second-order valence-electron chi connectivity index (χ2n) is 2.35. The molecule has 1 heterocycles. The molecule has 1 aliphatic heterocycles. The van der Waals surface area contributed by atoms with Gasteiger partial charge in [0.1, 0.15) is 6.04 Å². The van der Waals surface area contributed by atoms with Crippen molar-refractivity contribution in [2.45, 2.75) is 19.4 Å². The lowest BCUT2D eigenvalue weighted by molar-refractivity contribution is -0.145. The van der Waals surface area contributed by atoms with Crippen LogP contribution in [0.3, 0.4) is 0 Å². The van der Waals surface area contributed by atoms with Gasteiger partial charge in [-0.25, -0.2) is 0 Å². The molecule has 0 amide bonds. The van der Waals surface area contributed by atoms with Crippen LogP contribution in [0, 0.1) is 0 Å². The third-order valence-corrected chi connectivity index (χ3v) is 2.45. The highest BCUT2D eigenvalue weighted by Crippen LogP contribution is 2.11. The van der Waals surface area contributed by atoms with Crippen molar-refractivity contribution in [3.63, 3.8) is 0 Å². The van der Waals surface area contributed by atoms with Crippen LogP contribution in [0.25, 0.3) is 0 Å². The van der Waals surface area contributed by atoms with Gasteiger partial charge >= 0.3 is 5.97 Å². The van der Waals surface area contributed by atoms with Gasteiger partial charge in [0.15, 0.2) is 0 Å². The van der Waals surface area contributed by atoms with E-state index in [1.54, 1.807) is 0 Å². The van der Waals surface area contributed by atoms with Crippen molar-refractivity contribution in [3.05, 3.63) is 0 Å². The maximum atomic E-state index is 11.1. The molecule has 1 rings (SSSR count). The number of hydrogen-bond acceptors (Lipinski definition) is 4. The van der Waals surface area contributed by atoms with Crippen molar-refractivity contribution in [2.75, 3.05) is 18.2 Å². The number of esters is 1. The molecule has 1 aliphatic rings. The summed E-state index contributed by atoms with van der Waals surface area (Å²) in [5, 5.41) is 3.09. The molecule has 72 valence electrons. The van der Waals surface area contributed by atoms with Crippen molar-refractivity contribution >= 4 is 30.1 Å². The molecule has 1 fully saturated rings. The third kappa shape index (κ3) is 3.65. The Labute approximate surface area is 83.0 Å². The van der Waals surface area contributed by atoms with Crippen LogP contribution in [-0.4, -0.2) is 30.2 Å². The molecule has 1 N–H and O–H groups in total. The first-order valence-corrected chi connectivity index (χ1v) is 4.98. The zero-order valence-corrected chi connectivity index (χ0v) is 8.67. The Morgan fingerprint density at radius 1 is 1.75 bits per heavy atom. The fraction of sp³-hybridized carbons (Fsp3) is 0.857. The number of carbonyl (C=O) groups excluding carboxylic acids is 1. The molecular weight excluding hydrogens is 198 g/mol. The van der Waals surface area contributed by atoms with E-state index in [0.717, 1.165) is 18.1 Å². The molecule has 0 aliphatic carbocycles. The number of halogens is 1. The molecule has 0 radical (unpaired) electrons. The van der Waals surface area contributed by atoms with E-state index >= 15 is 0 Å². The summed E-state index contributed by atoms with van der Waals surface area (Å²) in [5.41, 5.74) is 0. The van der Waals surface area contributed by atoms with Crippen LogP contribution in [0.2, 0.25) is 0 Å². The van der Waals surface area contributed by atoms with Crippen LogP contribution in [0.4, 0.5) is 0 Å². The Balaban J connectivity index is 0.00000121. The lowest BCUT2D eigenvalue weighted by Gasteiger charge is -2.20. The van der Waals surface area contributed by atoms with Crippen LogP contribution in [-0.2, 0) is 9.53 Å². The van der Waals surface area contributed by atoms with E-state index in [0.29, 0.717) is 6.61 Å². The number of hydrogen-bond donors (Lipinski definition) is 1. The fourth-order valence-electron chi connectivity index (χ4n) is 0.979. The number of carbonyl (C=O) groups is 1. The second-order valence-corrected chi connectivity index (χ2v) is 3.46. The molecule has 0 saturated carbocycles. The van der Waals surface area contributed by atoms with E-state index in [1.165, 1.54) is 0 Å². The van der Waals surface area contributed by atoms with Gasteiger partial charge in [-0.05, 0) is 19.1 Å². The molecule has 1 saturated heterocycles. The Kier molecular flexibility index (Phi) is 6.61. The van der Waals surface area contributed by atoms with Crippen LogP contribution in [0.15, 0.2) is 0 Å². The smallest absolute Gasteiger partial charge is 0.323 e. The van der Waals surface area contributed by atoms with Crippen LogP contribution >= 0.6 is 24.2 Å². The summed E-state index contributed by atoms with van der Waals surface area (Å²) >= 11 is 1.82. The monoisotopic (exact) mass is 211 g/mol. The molecule has 12 heavy (non-hydrogen) atoms. The minimum Gasteiger partial charge on any atom is -0.465 e. The number of rotatable bonds is 2. The van der Waals surface area contributed by atoms with E-state index in [9.17, 15) is 4.79 Å². The van der Waals surface area contributed by atoms with Gasteiger partial charge in [0.2, 0.25) is 0 Å². The predicted octanol–water partition coefficient (Wildman–Crippen LogP) is 1.02. The topological polar surface area (TPSA) is 38.3 Å². The average Bonchev–Trinajstić information content (AvgIpc) is 2.07. The minimum absolute atomic E-state index is 0. The predicted molar refractivity (Wildman–Crippen MR) is 52.7 cm³/mol. The lowest BCUT2D eigenvalue weighted by Crippen LogP contribution is -2.41. The molecule has 1 atom stereocenters. The average molecular weight is 212 g/mol. The lowest BCUT2D eigenvalue weighted by atomic mass is 10.2. The molecule has 5 heteroatoms. The van der Waals surface area contributed by atoms with Gasteiger partial charge in [0, 0.05) is 5.88 Å². The van der Waals surface area contributed by atoms with Gasteiger partial charge in [0.05, 0.1) is 6.61 Å². The fourth-order valence-corrected chi connectivity index (χ4v) is 1.84. The molecular formula is C7H14ClNO2S. The quantitative estimate of drug-likeness (QED) is 0.693. The summed E-state index contributed by atoms with van der Waals surface area (Å²) in [6, 6.07) is -0.0591. The van der Waals surface area contributed by atoms with Gasteiger partial charge in [0.25, 0.3) is 0 Å². The number of ether oxygens (including phenoxy) is 1. The second kappa shape index (κ2) is 6.57. The van der Waals surface area contributed by atoms with Gasteiger partial charge in [-0.15, -0.1) is 24.2 Å². The van der Waals surface area contributed by atoms with E-state index in [4.69, 9.17) is 4.74 Å². The molecule has 3 nitrogen and oxygen atoms in total. The molecule has 0 aromatic carbocycles. The zero-order valence-electron chi connectivity index (χ0n) is 7.04. The summed E-state index contributed by atoms with van der Waals surface area (Å²) in [6.45, 7) is 2.31. The van der Waals surface area contributed by atoms with E-state index in [-0.39, 0.29) is 24.4 Å². The summed E-state index contributed by atoms with van der Waals surface area (Å²) in [6.07, 6.45) is 0.892. The van der Waals surface area contributed by atoms with Crippen LogP contribution < -0.4 is 5.32 Å². The van der Waals surface area contributed by atoms with Crippen LogP contribution in [0.1, 0.15) is 13.3 Å². The highest BCUT2D eigenvalue weighted by atomic mass is 35.5. The van der Waals surface area contributed by atoms with E-state index in [1.807, 2.05) is 18.7 Å². The standard InChI is InChI=1S/C7H13NO2S.ClH/c1-2-10-7(9)6-3-4-11-5-8-6;/h6,8H,2-5H2,1H3;1H. The summed E-state index contributed by atoms with van der Waals surface area (Å²) in [7, 11) is 0. The van der Waals surface area contributed by atoms with Crippen molar-refractivity contribution in [1.82, 2.24) is 5.32 Å². The SMILES string of the molecule is CCOC(=O)C1CCSCN1.Cl. The van der Waals surface area contributed by atoms with Crippen molar-refractivity contribution < 1.29 is 9.53 Å². The number of nitrogens with one attached hydrogen (secondary N) is 1. The minimum atomic E-state index is -0.104.